The lowest BCUT2D eigenvalue weighted by molar-refractivity contribution is -0.137. The first-order chi connectivity index (χ1) is 7.84. The summed E-state index contributed by atoms with van der Waals surface area (Å²) >= 11 is 0. The lowest BCUT2D eigenvalue weighted by atomic mass is 9.92. The highest BCUT2D eigenvalue weighted by molar-refractivity contribution is 5.66. The second kappa shape index (κ2) is 5.83. The van der Waals surface area contributed by atoms with Gasteiger partial charge in [-0.1, -0.05) is 20.8 Å². The summed E-state index contributed by atoms with van der Waals surface area (Å²) in [5, 5.41) is 8.81. The predicted molar refractivity (Wildman–Crippen MR) is 69.2 cm³/mol. The zero-order chi connectivity index (χ0) is 13.1. The summed E-state index contributed by atoms with van der Waals surface area (Å²) in [6, 6.07) is 0.378. The highest BCUT2D eigenvalue weighted by atomic mass is 16.4. The van der Waals surface area contributed by atoms with Crippen molar-refractivity contribution in [2.24, 2.45) is 5.41 Å². The van der Waals surface area contributed by atoms with Crippen LogP contribution < -0.4 is 0 Å². The first kappa shape index (κ1) is 14.5. The Labute approximate surface area is 105 Å². The number of likely N-dealkylation sites (N-methyl/N-ethyl adjacent to an activating group) is 2. The van der Waals surface area contributed by atoms with E-state index in [1.165, 1.54) is 0 Å². The standard InChI is InChI=1S/C13H26N2O2/c1-5-15-10-13(2,3)9-14(4)8-11(15)6-7-12(16)17/h11H,5-10H2,1-4H3,(H,16,17). The second-order valence-corrected chi connectivity index (χ2v) is 6.01. The monoisotopic (exact) mass is 242 g/mol. The summed E-state index contributed by atoms with van der Waals surface area (Å²) in [4.78, 5) is 15.5. The molecule has 1 rings (SSSR count). The summed E-state index contributed by atoms with van der Waals surface area (Å²) in [6.45, 7) is 10.8. The number of nitrogens with zero attached hydrogens (tertiary/aromatic N) is 2. The van der Waals surface area contributed by atoms with Gasteiger partial charge in [0, 0.05) is 32.1 Å². The number of carbonyl (C=O) groups is 1. The number of aliphatic carboxylic acids is 1. The van der Waals surface area contributed by atoms with Gasteiger partial charge in [-0.2, -0.15) is 0 Å². The van der Waals surface area contributed by atoms with Gasteiger partial charge < -0.3 is 10.0 Å². The van der Waals surface area contributed by atoms with Gasteiger partial charge in [0.05, 0.1) is 0 Å². The van der Waals surface area contributed by atoms with Crippen LogP contribution in [0, 0.1) is 5.41 Å². The van der Waals surface area contributed by atoms with Gasteiger partial charge in [-0.05, 0) is 25.4 Å². The molecule has 100 valence electrons. The van der Waals surface area contributed by atoms with E-state index in [9.17, 15) is 4.79 Å². The first-order valence-corrected chi connectivity index (χ1v) is 6.48. The molecular formula is C13H26N2O2. The quantitative estimate of drug-likeness (QED) is 0.811. The minimum absolute atomic E-state index is 0.273. The molecule has 0 saturated carbocycles. The Hall–Kier alpha value is -0.610. The third kappa shape index (κ3) is 4.64. The van der Waals surface area contributed by atoms with Gasteiger partial charge >= 0.3 is 5.97 Å². The van der Waals surface area contributed by atoms with Crippen LogP contribution in [0.15, 0.2) is 0 Å². The Morgan fingerprint density at radius 3 is 2.59 bits per heavy atom. The third-order valence-electron chi connectivity index (χ3n) is 3.47. The predicted octanol–water partition coefficient (Wildman–Crippen LogP) is 1.51. The molecule has 17 heavy (non-hydrogen) atoms. The highest BCUT2D eigenvalue weighted by Gasteiger charge is 2.31. The van der Waals surface area contributed by atoms with Gasteiger partial charge in [-0.3, -0.25) is 9.69 Å². The van der Waals surface area contributed by atoms with Crippen LogP contribution >= 0.6 is 0 Å². The normalized spacial score (nSPS) is 26.7. The Morgan fingerprint density at radius 1 is 1.41 bits per heavy atom. The molecule has 1 aliphatic rings. The van der Waals surface area contributed by atoms with Crippen molar-refractivity contribution in [1.29, 1.82) is 0 Å². The molecule has 1 atom stereocenters. The molecule has 4 nitrogen and oxygen atoms in total. The fourth-order valence-corrected chi connectivity index (χ4v) is 2.93. The van der Waals surface area contributed by atoms with Gasteiger partial charge in [0.15, 0.2) is 0 Å². The van der Waals surface area contributed by atoms with Crippen LogP contribution in [0.25, 0.3) is 0 Å². The Bertz CT molecular complexity index is 266. The van der Waals surface area contributed by atoms with Crippen molar-refractivity contribution in [1.82, 2.24) is 9.80 Å². The van der Waals surface area contributed by atoms with Gasteiger partial charge in [0.1, 0.15) is 0 Å². The molecule has 1 heterocycles. The molecule has 0 radical (unpaired) electrons. The minimum Gasteiger partial charge on any atom is -0.481 e. The van der Waals surface area contributed by atoms with Gasteiger partial charge in [-0.15, -0.1) is 0 Å². The fourth-order valence-electron chi connectivity index (χ4n) is 2.93. The average molecular weight is 242 g/mol. The largest absolute Gasteiger partial charge is 0.481 e. The van der Waals surface area contributed by atoms with Crippen molar-refractivity contribution in [2.45, 2.75) is 39.7 Å². The van der Waals surface area contributed by atoms with E-state index >= 15 is 0 Å². The number of carboxylic acids is 1. The molecule has 0 aromatic carbocycles. The molecule has 1 saturated heterocycles. The fraction of sp³-hybridized carbons (Fsp3) is 0.923. The van der Waals surface area contributed by atoms with E-state index in [4.69, 9.17) is 5.11 Å². The first-order valence-electron chi connectivity index (χ1n) is 6.48. The molecule has 1 fully saturated rings. The molecule has 0 spiro atoms. The molecule has 0 bridgehead atoms. The summed E-state index contributed by atoms with van der Waals surface area (Å²) in [6.07, 6.45) is 1.03. The number of carboxylic acid groups (broad SMARTS) is 1. The van der Waals surface area contributed by atoms with E-state index in [1.54, 1.807) is 0 Å². The molecule has 0 aromatic heterocycles. The highest BCUT2D eigenvalue weighted by Crippen LogP contribution is 2.25. The van der Waals surface area contributed by atoms with Crippen LogP contribution in [0.4, 0.5) is 0 Å². The van der Waals surface area contributed by atoms with Crippen molar-refractivity contribution in [3.63, 3.8) is 0 Å². The average Bonchev–Trinajstić information content (AvgIpc) is 2.30. The number of hydrogen-bond donors (Lipinski definition) is 1. The zero-order valence-corrected chi connectivity index (χ0v) is 11.6. The van der Waals surface area contributed by atoms with Crippen molar-refractivity contribution in [3.8, 4) is 0 Å². The molecule has 4 heteroatoms. The lowest BCUT2D eigenvalue weighted by Crippen LogP contribution is -2.41. The van der Waals surface area contributed by atoms with Gasteiger partial charge in [-0.25, -0.2) is 0 Å². The number of hydrogen-bond acceptors (Lipinski definition) is 3. The zero-order valence-electron chi connectivity index (χ0n) is 11.6. The van der Waals surface area contributed by atoms with E-state index in [0.717, 1.165) is 32.6 Å². The van der Waals surface area contributed by atoms with Gasteiger partial charge in [0.25, 0.3) is 0 Å². The molecular weight excluding hydrogens is 216 g/mol. The van der Waals surface area contributed by atoms with Crippen LogP contribution in [0.2, 0.25) is 0 Å². The molecule has 0 amide bonds. The smallest absolute Gasteiger partial charge is 0.303 e. The van der Waals surface area contributed by atoms with E-state index in [0.29, 0.717) is 6.04 Å². The SMILES string of the molecule is CCN1CC(C)(C)CN(C)CC1CCC(=O)O. The summed E-state index contributed by atoms with van der Waals surface area (Å²) in [5.74, 6) is -0.688. The third-order valence-corrected chi connectivity index (χ3v) is 3.47. The Kier molecular flexibility index (Phi) is 4.95. The Morgan fingerprint density at radius 2 is 2.06 bits per heavy atom. The maximum absolute atomic E-state index is 10.7. The van der Waals surface area contributed by atoms with Crippen LogP contribution in [0.1, 0.15) is 33.6 Å². The maximum atomic E-state index is 10.7. The van der Waals surface area contributed by atoms with E-state index < -0.39 is 5.97 Å². The topological polar surface area (TPSA) is 43.8 Å². The maximum Gasteiger partial charge on any atom is 0.303 e. The van der Waals surface area contributed by atoms with Crippen LogP contribution in [0.5, 0.6) is 0 Å². The lowest BCUT2D eigenvalue weighted by Gasteiger charge is -2.32. The van der Waals surface area contributed by atoms with Crippen LogP contribution in [-0.4, -0.2) is 60.1 Å². The van der Waals surface area contributed by atoms with E-state index in [-0.39, 0.29) is 11.8 Å². The molecule has 1 aliphatic heterocycles. The second-order valence-electron chi connectivity index (χ2n) is 6.01. The van der Waals surface area contributed by atoms with Gasteiger partial charge in [0.2, 0.25) is 0 Å². The van der Waals surface area contributed by atoms with E-state index in [1.807, 2.05) is 0 Å². The van der Waals surface area contributed by atoms with Crippen molar-refractivity contribution in [3.05, 3.63) is 0 Å². The van der Waals surface area contributed by atoms with Crippen LogP contribution in [-0.2, 0) is 4.79 Å². The van der Waals surface area contributed by atoms with Crippen molar-refractivity contribution < 1.29 is 9.90 Å². The van der Waals surface area contributed by atoms with Crippen LogP contribution in [0.3, 0.4) is 0 Å². The summed E-state index contributed by atoms with van der Waals surface area (Å²) in [5.41, 5.74) is 0.280. The summed E-state index contributed by atoms with van der Waals surface area (Å²) < 4.78 is 0. The molecule has 1 unspecified atom stereocenters. The number of rotatable bonds is 4. The molecule has 0 aromatic rings. The molecule has 1 N–H and O–H groups in total. The van der Waals surface area contributed by atoms with Crippen molar-refractivity contribution in [2.75, 3.05) is 33.2 Å². The molecule has 0 aliphatic carbocycles. The summed E-state index contributed by atoms with van der Waals surface area (Å²) in [7, 11) is 2.13. The minimum atomic E-state index is -0.688. The Balaban J connectivity index is 2.69. The van der Waals surface area contributed by atoms with Crippen molar-refractivity contribution >= 4 is 5.97 Å². The van der Waals surface area contributed by atoms with E-state index in [2.05, 4.69) is 37.6 Å².